The number of H-pyrrole nitrogens is 1. The Hall–Kier alpha value is -3.22. The van der Waals surface area contributed by atoms with Gasteiger partial charge >= 0.3 is 0 Å². The standard InChI is InChI=1S/C22H14Cl2FN3O2/c1-30-14-10-16(24)21(26-11-14)19-18(12-6-8-13(23)9-7-12)20(27-28-22(19)29)15-4-2-3-5-17(15)25/h2-11H,1H3,(H,28,29). The van der Waals surface area contributed by atoms with E-state index in [9.17, 15) is 9.18 Å². The number of halogens is 3. The molecule has 8 heteroatoms. The molecule has 4 rings (SSSR count). The fourth-order valence-corrected chi connectivity index (χ4v) is 3.51. The van der Waals surface area contributed by atoms with Crippen LogP contribution in [0.5, 0.6) is 5.75 Å². The van der Waals surface area contributed by atoms with E-state index in [-0.39, 0.29) is 27.5 Å². The van der Waals surface area contributed by atoms with Gasteiger partial charge in [0.05, 0.1) is 29.6 Å². The second-order valence-corrected chi connectivity index (χ2v) is 7.19. The Morgan fingerprint density at radius 2 is 1.73 bits per heavy atom. The first-order valence-electron chi connectivity index (χ1n) is 8.83. The lowest BCUT2D eigenvalue weighted by Gasteiger charge is -2.15. The maximum Gasteiger partial charge on any atom is 0.274 e. The summed E-state index contributed by atoms with van der Waals surface area (Å²) in [6.45, 7) is 0. The van der Waals surface area contributed by atoms with E-state index in [4.69, 9.17) is 27.9 Å². The van der Waals surface area contributed by atoms with Gasteiger partial charge in [-0.15, -0.1) is 0 Å². The third kappa shape index (κ3) is 3.67. The number of aromatic amines is 1. The van der Waals surface area contributed by atoms with Crippen LogP contribution in [0.25, 0.3) is 33.6 Å². The highest BCUT2D eigenvalue weighted by atomic mass is 35.5. The number of rotatable bonds is 4. The van der Waals surface area contributed by atoms with Gasteiger partial charge < -0.3 is 4.74 Å². The number of methoxy groups -OCH3 is 1. The second kappa shape index (κ2) is 8.26. The summed E-state index contributed by atoms with van der Waals surface area (Å²) >= 11 is 12.5. The van der Waals surface area contributed by atoms with Gasteiger partial charge in [-0.2, -0.15) is 5.10 Å². The van der Waals surface area contributed by atoms with E-state index in [0.29, 0.717) is 21.9 Å². The zero-order chi connectivity index (χ0) is 21.3. The van der Waals surface area contributed by atoms with Gasteiger partial charge in [-0.25, -0.2) is 9.49 Å². The van der Waals surface area contributed by atoms with Crippen molar-refractivity contribution in [2.75, 3.05) is 7.11 Å². The van der Waals surface area contributed by atoms with Crippen molar-refractivity contribution in [2.24, 2.45) is 0 Å². The molecule has 1 N–H and O–H groups in total. The Bertz CT molecular complexity index is 1290. The van der Waals surface area contributed by atoms with Crippen LogP contribution in [0.15, 0.2) is 65.6 Å². The molecule has 30 heavy (non-hydrogen) atoms. The van der Waals surface area contributed by atoms with Crippen molar-refractivity contribution in [2.45, 2.75) is 0 Å². The SMILES string of the molecule is COc1cnc(-c2c(-c3ccc(Cl)cc3)c(-c3ccccc3F)n[nH]c2=O)c(Cl)c1. The van der Waals surface area contributed by atoms with Crippen molar-refractivity contribution in [1.29, 1.82) is 0 Å². The number of aromatic nitrogens is 3. The first-order chi connectivity index (χ1) is 14.5. The molecule has 2 heterocycles. The first-order valence-corrected chi connectivity index (χ1v) is 9.58. The summed E-state index contributed by atoms with van der Waals surface area (Å²) in [5.74, 6) is -0.0383. The van der Waals surface area contributed by atoms with Crippen molar-refractivity contribution in [3.8, 4) is 39.4 Å². The van der Waals surface area contributed by atoms with Crippen molar-refractivity contribution >= 4 is 23.2 Å². The zero-order valence-corrected chi connectivity index (χ0v) is 17.1. The molecule has 5 nitrogen and oxygen atoms in total. The topological polar surface area (TPSA) is 67.9 Å². The number of benzene rings is 2. The van der Waals surface area contributed by atoms with Gasteiger partial charge in [0.2, 0.25) is 0 Å². The molecule has 4 aromatic rings. The highest BCUT2D eigenvalue weighted by Gasteiger charge is 2.23. The molecular weight excluding hydrogens is 428 g/mol. The minimum atomic E-state index is -0.514. The molecule has 0 unspecified atom stereocenters. The number of pyridine rings is 1. The number of ether oxygens (including phenoxy) is 1. The second-order valence-electron chi connectivity index (χ2n) is 6.34. The average molecular weight is 442 g/mol. The van der Waals surface area contributed by atoms with Crippen molar-refractivity contribution < 1.29 is 9.13 Å². The maximum atomic E-state index is 14.6. The van der Waals surface area contributed by atoms with Crippen molar-refractivity contribution in [3.05, 3.63) is 87.0 Å². The number of nitrogens with one attached hydrogen (secondary N) is 1. The lowest BCUT2D eigenvalue weighted by molar-refractivity contribution is 0.413. The summed E-state index contributed by atoms with van der Waals surface area (Å²) in [6, 6.07) is 14.5. The summed E-state index contributed by atoms with van der Waals surface area (Å²) in [5.41, 5.74) is 1.35. The fourth-order valence-electron chi connectivity index (χ4n) is 3.14. The molecule has 0 radical (unpaired) electrons. The molecule has 0 spiro atoms. The number of hydrogen-bond donors (Lipinski definition) is 1. The third-order valence-corrected chi connectivity index (χ3v) is 5.07. The van der Waals surface area contributed by atoms with E-state index < -0.39 is 11.4 Å². The highest BCUT2D eigenvalue weighted by Crippen LogP contribution is 2.39. The molecule has 0 saturated carbocycles. The minimum Gasteiger partial charge on any atom is -0.495 e. The summed E-state index contributed by atoms with van der Waals surface area (Å²) in [7, 11) is 1.49. The largest absolute Gasteiger partial charge is 0.495 e. The summed E-state index contributed by atoms with van der Waals surface area (Å²) in [5, 5.41) is 7.32. The van der Waals surface area contributed by atoms with Crippen LogP contribution in [0.4, 0.5) is 4.39 Å². The summed E-state index contributed by atoms with van der Waals surface area (Å²) in [4.78, 5) is 17.2. The maximum absolute atomic E-state index is 14.6. The van der Waals surface area contributed by atoms with Gasteiger partial charge in [0.15, 0.2) is 0 Å². The molecule has 2 aromatic heterocycles. The Morgan fingerprint density at radius 1 is 1.00 bits per heavy atom. The van der Waals surface area contributed by atoms with E-state index in [1.165, 1.54) is 19.4 Å². The van der Waals surface area contributed by atoms with Crippen LogP contribution in [0, 0.1) is 5.82 Å². The van der Waals surface area contributed by atoms with Gasteiger partial charge in [0.1, 0.15) is 17.3 Å². The molecule has 0 amide bonds. The lowest BCUT2D eigenvalue weighted by atomic mass is 9.93. The van der Waals surface area contributed by atoms with Crippen LogP contribution >= 0.6 is 23.2 Å². The Balaban J connectivity index is 2.10. The van der Waals surface area contributed by atoms with Gasteiger partial charge in [-0.1, -0.05) is 47.5 Å². The smallest absolute Gasteiger partial charge is 0.274 e. The molecular formula is C22H14Cl2FN3O2. The average Bonchev–Trinajstić information content (AvgIpc) is 2.75. The normalized spacial score (nSPS) is 10.8. The van der Waals surface area contributed by atoms with E-state index in [2.05, 4.69) is 15.2 Å². The van der Waals surface area contributed by atoms with Crippen LogP contribution in [0.3, 0.4) is 0 Å². The molecule has 0 aliphatic rings. The van der Waals surface area contributed by atoms with Crippen LogP contribution in [-0.2, 0) is 0 Å². The summed E-state index contributed by atoms with van der Waals surface area (Å²) in [6.07, 6.45) is 1.45. The van der Waals surface area contributed by atoms with Crippen molar-refractivity contribution in [1.82, 2.24) is 15.2 Å². The fraction of sp³-hybridized carbons (Fsp3) is 0.0455. The highest BCUT2D eigenvalue weighted by molar-refractivity contribution is 6.33. The number of nitrogens with zero attached hydrogens (tertiary/aromatic N) is 2. The number of hydrogen-bond acceptors (Lipinski definition) is 4. The first kappa shape index (κ1) is 20.1. The Kier molecular flexibility index (Phi) is 5.53. The van der Waals surface area contributed by atoms with E-state index in [1.54, 1.807) is 48.5 Å². The molecule has 0 atom stereocenters. The van der Waals surface area contributed by atoms with Crippen LogP contribution in [0.2, 0.25) is 10.0 Å². The molecule has 0 bridgehead atoms. The lowest BCUT2D eigenvalue weighted by Crippen LogP contribution is -2.15. The molecule has 150 valence electrons. The quantitative estimate of drug-likeness (QED) is 0.446. The monoisotopic (exact) mass is 441 g/mol. The predicted molar refractivity (Wildman–Crippen MR) is 115 cm³/mol. The predicted octanol–water partition coefficient (Wildman–Crippen LogP) is 5.62. The molecule has 0 aliphatic carbocycles. The Labute approximate surface area is 181 Å². The van der Waals surface area contributed by atoms with E-state index in [1.807, 2.05) is 0 Å². The molecule has 2 aromatic carbocycles. The van der Waals surface area contributed by atoms with Gasteiger partial charge in [-0.05, 0) is 29.8 Å². The van der Waals surface area contributed by atoms with Gasteiger partial charge in [0.25, 0.3) is 5.56 Å². The van der Waals surface area contributed by atoms with E-state index in [0.717, 1.165) is 0 Å². The summed E-state index contributed by atoms with van der Waals surface area (Å²) < 4.78 is 19.8. The van der Waals surface area contributed by atoms with Crippen LogP contribution in [0.1, 0.15) is 0 Å². The minimum absolute atomic E-state index is 0.165. The van der Waals surface area contributed by atoms with Crippen molar-refractivity contribution in [3.63, 3.8) is 0 Å². The van der Waals surface area contributed by atoms with Gasteiger partial charge in [0, 0.05) is 22.2 Å². The molecule has 0 saturated heterocycles. The van der Waals surface area contributed by atoms with Crippen LogP contribution in [-0.4, -0.2) is 22.3 Å². The van der Waals surface area contributed by atoms with Crippen LogP contribution < -0.4 is 10.3 Å². The zero-order valence-electron chi connectivity index (χ0n) is 15.6. The Morgan fingerprint density at radius 3 is 2.40 bits per heavy atom. The molecule has 0 aliphatic heterocycles. The van der Waals surface area contributed by atoms with Gasteiger partial charge in [-0.3, -0.25) is 9.78 Å². The van der Waals surface area contributed by atoms with E-state index >= 15 is 0 Å². The third-order valence-electron chi connectivity index (χ3n) is 4.53. The molecule has 0 fully saturated rings.